The average Bonchev–Trinajstić information content (AvgIpc) is 3.32. The Hall–Kier alpha value is -3.99. The summed E-state index contributed by atoms with van der Waals surface area (Å²) in [7, 11) is 0. The monoisotopic (exact) mass is 455 g/mol. The molecule has 1 N–H and O–H groups in total. The first-order valence-corrected chi connectivity index (χ1v) is 10.1. The quantitative estimate of drug-likeness (QED) is 0.447. The summed E-state index contributed by atoms with van der Waals surface area (Å²) < 4.78 is 42.8. The lowest BCUT2D eigenvalue weighted by molar-refractivity contribution is -0.117. The maximum Gasteiger partial charge on any atom is 0.352 e. The number of aromatic nitrogens is 4. The van der Waals surface area contributed by atoms with Gasteiger partial charge in [-0.2, -0.15) is 0 Å². The van der Waals surface area contributed by atoms with Crippen LogP contribution in [0.2, 0.25) is 0 Å². The zero-order valence-electron chi connectivity index (χ0n) is 16.1. The van der Waals surface area contributed by atoms with Crippen molar-refractivity contribution in [1.29, 1.82) is 0 Å². The predicted octanol–water partition coefficient (Wildman–Crippen LogP) is 3.83. The molecule has 11 heteroatoms. The van der Waals surface area contributed by atoms with E-state index in [1.807, 2.05) is 5.38 Å². The standard InChI is InChI=1S/C21H12F3N5O2S/c22-12-3-1-11(2-4-12)14-9-32-19-18(14)25-10-28-20(19)27-29(21(28)31)8-17(30)26-16-6-5-13(23)7-15(16)24/h1-7,9-10H,8H2,(H,26,30). The molecule has 160 valence electrons. The van der Waals surface area contributed by atoms with Gasteiger partial charge in [0, 0.05) is 17.0 Å². The normalized spacial score (nSPS) is 11.3. The minimum Gasteiger partial charge on any atom is -0.322 e. The van der Waals surface area contributed by atoms with E-state index in [0.29, 0.717) is 21.9 Å². The van der Waals surface area contributed by atoms with Crippen molar-refractivity contribution >= 4 is 38.8 Å². The van der Waals surface area contributed by atoms with Crippen molar-refractivity contribution in [2.75, 3.05) is 5.32 Å². The third-order valence-corrected chi connectivity index (χ3v) is 5.76. The second-order valence-electron chi connectivity index (χ2n) is 6.88. The lowest BCUT2D eigenvalue weighted by Crippen LogP contribution is -2.28. The van der Waals surface area contributed by atoms with Gasteiger partial charge in [-0.05, 0) is 29.8 Å². The molecule has 0 fully saturated rings. The number of amides is 1. The molecular weight excluding hydrogens is 443 g/mol. The van der Waals surface area contributed by atoms with Crippen molar-refractivity contribution in [2.24, 2.45) is 0 Å². The summed E-state index contributed by atoms with van der Waals surface area (Å²) in [6.45, 7) is -0.477. The Bertz CT molecular complexity index is 1560. The van der Waals surface area contributed by atoms with Crippen LogP contribution in [0.4, 0.5) is 18.9 Å². The molecule has 0 saturated carbocycles. The molecule has 0 atom stereocenters. The summed E-state index contributed by atoms with van der Waals surface area (Å²) in [5.74, 6) is -2.76. The molecule has 5 rings (SSSR count). The molecule has 7 nitrogen and oxygen atoms in total. The Balaban J connectivity index is 1.49. The van der Waals surface area contributed by atoms with E-state index in [9.17, 15) is 22.8 Å². The Morgan fingerprint density at radius 1 is 1.06 bits per heavy atom. The number of nitrogens with one attached hydrogen (secondary N) is 1. The fourth-order valence-electron chi connectivity index (χ4n) is 3.29. The number of hydrogen-bond donors (Lipinski definition) is 1. The summed E-state index contributed by atoms with van der Waals surface area (Å²) >= 11 is 1.31. The van der Waals surface area contributed by atoms with E-state index >= 15 is 0 Å². The number of fused-ring (bicyclic) bond motifs is 3. The number of hydrogen-bond acceptors (Lipinski definition) is 5. The van der Waals surface area contributed by atoms with Gasteiger partial charge >= 0.3 is 5.69 Å². The molecule has 0 saturated heterocycles. The molecule has 0 aliphatic rings. The van der Waals surface area contributed by atoms with Crippen molar-refractivity contribution < 1.29 is 18.0 Å². The zero-order valence-corrected chi connectivity index (χ0v) is 16.9. The SMILES string of the molecule is O=C(Cn1nc2c3scc(-c4ccc(F)cc4)c3ncn2c1=O)Nc1ccc(F)cc1F. The van der Waals surface area contributed by atoms with Crippen LogP contribution in [0, 0.1) is 17.5 Å². The minimum atomic E-state index is -0.932. The predicted molar refractivity (Wildman–Crippen MR) is 113 cm³/mol. The molecule has 0 aliphatic heterocycles. The lowest BCUT2D eigenvalue weighted by Gasteiger charge is -2.05. The highest BCUT2D eigenvalue weighted by Crippen LogP contribution is 2.34. The van der Waals surface area contributed by atoms with E-state index in [2.05, 4.69) is 15.4 Å². The number of halogens is 3. The van der Waals surface area contributed by atoms with Crippen molar-refractivity contribution in [3.05, 3.63) is 82.1 Å². The Kier molecular flexibility index (Phi) is 4.74. The largest absolute Gasteiger partial charge is 0.352 e. The molecule has 2 aromatic carbocycles. The topological polar surface area (TPSA) is 81.3 Å². The fourth-order valence-corrected chi connectivity index (χ4v) is 4.29. The van der Waals surface area contributed by atoms with E-state index < -0.39 is 29.8 Å². The molecule has 0 aliphatic carbocycles. The molecule has 3 heterocycles. The number of nitrogens with zero attached hydrogens (tertiary/aromatic N) is 4. The van der Waals surface area contributed by atoms with E-state index in [1.165, 1.54) is 34.2 Å². The molecular formula is C21H12F3N5O2S. The van der Waals surface area contributed by atoms with Crippen LogP contribution in [0.15, 0.2) is 59.0 Å². The number of thiophene rings is 1. The van der Waals surface area contributed by atoms with Gasteiger partial charge in [-0.1, -0.05) is 12.1 Å². The summed E-state index contributed by atoms with van der Waals surface area (Å²) in [6, 6.07) is 8.69. The van der Waals surface area contributed by atoms with Crippen LogP contribution in [0.1, 0.15) is 0 Å². The van der Waals surface area contributed by atoms with Gasteiger partial charge in [0.25, 0.3) is 0 Å². The average molecular weight is 455 g/mol. The van der Waals surface area contributed by atoms with E-state index in [-0.39, 0.29) is 11.5 Å². The Morgan fingerprint density at radius 2 is 1.81 bits per heavy atom. The Morgan fingerprint density at radius 3 is 2.56 bits per heavy atom. The van der Waals surface area contributed by atoms with Crippen LogP contribution < -0.4 is 11.0 Å². The molecule has 0 spiro atoms. The summed E-state index contributed by atoms with van der Waals surface area (Å²) in [5.41, 5.74) is 1.61. The van der Waals surface area contributed by atoms with Crippen molar-refractivity contribution in [3.8, 4) is 11.1 Å². The summed E-state index contributed by atoms with van der Waals surface area (Å²) in [5, 5.41) is 8.37. The Labute approximate surface area is 181 Å². The third kappa shape index (κ3) is 3.42. The zero-order chi connectivity index (χ0) is 22.4. The van der Waals surface area contributed by atoms with Crippen LogP contribution in [-0.2, 0) is 11.3 Å². The summed E-state index contributed by atoms with van der Waals surface area (Å²) in [6.07, 6.45) is 1.31. The van der Waals surface area contributed by atoms with Crippen molar-refractivity contribution in [3.63, 3.8) is 0 Å². The first kappa shape index (κ1) is 19.9. The first-order valence-electron chi connectivity index (χ1n) is 9.27. The van der Waals surface area contributed by atoms with Gasteiger partial charge < -0.3 is 5.32 Å². The van der Waals surface area contributed by atoms with Gasteiger partial charge in [-0.15, -0.1) is 16.4 Å². The lowest BCUT2D eigenvalue weighted by atomic mass is 10.1. The number of benzene rings is 2. The van der Waals surface area contributed by atoms with Crippen LogP contribution in [0.3, 0.4) is 0 Å². The number of rotatable bonds is 4. The number of carbonyl (C=O) groups is 1. The van der Waals surface area contributed by atoms with Crippen LogP contribution in [0.5, 0.6) is 0 Å². The molecule has 0 radical (unpaired) electrons. The van der Waals surface area contributed by atoms with Gasteiger partial charge in [-0.3, -0.25) is 4.79 Å². The number of carbonyl (C=O) groups excluding carboxylic acids is 1. The second-order valence-corrected chi connectivity index (χ2v) is 7.76. The minimum absolute atomic E-state index is 0.209. The highest BCUT2D eigenvalue weighted by Gasteiger charge is 2.18. The molecule has 5 aromatic rings. The maximum atomic E-state index is 13.8. The fraction of sp³-hybridized carbons (Fsp3) is 0.0476. The van der Waals surface area contributed by atoms with E-state index in [1.54, 1.807) is 12.1 Å². The smallest absolute Gasteiger partial charge is 0.322 e. The summed E-state index contributed by atoms with van der Waals surface area (Å²) in [4.78, 5) is 29.3. The van der Waals surface area contributed by atoms with Gasteiger partial charge in [0.1, 0.15) is 30.3 Å². The van der Waals surface area contributed by atoms with Crippen LogP contribution in [0.25, 0.3) is 27.0 Å². The molecule has 0 unspecified atom stereocenters. The molecule has 1 amide bonds. The van der Waals surface area contributed by atoms with Crippen molar-refractivity contribution in [1.82, 2.24) is 19.2 Å². The highest BCUT2D eigenvalue weighted by molar-refractivity contribution is 7.18. The van der Waals surface area contributed by atoms with E-state index in [4.69, 9.17) is 0 Å². The van der Waals surface area contributed by atoms with Gasteiger partial charge in [-0.25, -0.2) is 32.0 Å². The third-order valence-electron chi connectivity index (χ3n) is 4.79. The molecule has 0 bridgehead atoms. The van der Waals surface area contributed by atoms with Crippen molar-refractivity contribution in [2.45, 2.75) is 6.54 Å². The molecule has 3 aromatic heterocycles. The first-order chi connectivity index (χ1) is 15.4. The molecule has 32 heavy (non-hydrogen) atoms. The van der Waals surface area contributed by atoms with Gasteiger partial charge in [0.15, 0.2) is 5.65 Å². The van der Waals surface area contributed by atoms with Crippen LogP contribution in [-0.4, -0.2) is 25.1 Å². The maximum absolute atomic E-state index is 13.8. The second kappa shape index (κ2) is 7.61. The highest BCUT2D eigenvalue weighted by atomic mass is 32.1. The van der Waals surface area contributed by atoms with Gasteiger partial charge in [0.05, 0.1) is 15.9 Å². The van der Waals surface area contributed by atoms with E-state index in [0.717, 1.165) is 27.9 Å². The van der Waals surface area contributed by atoms with Gasteiger partial charge in [0.2, 0.25) is 5.91 Å². The van der Waals surface area contributed by atoms with Crippen LogP contribution >= 0.6 is 11.3 Å². The number of anilines is 1.